The molecule has 2 aromatic heterocycles. The molecule has 2 aromatic carbocycles. The molecule has 0 bridgehead atoms. The van der Waals surface area contributed by atoms with Gasteiger partial charge in [0.1, 0.15) is 11.3 Å². The topological polar surface area (TPSA) is 55.7 Å². The van der Waals surface area contributed by atoms with Crippen molar-refractivity contribution in [2.24, 2.45) is 0 Å². The van der Waals surface area contributed by atoms with Gasteiger partial charge in [0.15, 0.2) is 5.76 Å². The van der Waals surface area contributed by atoms with Gasteiger partial charge in [-0.2, -0.15) is 5.10 Å². The van der Waals surface area contributed by atoms with E-state index < -0.39 is 0 Å². The summed E-state index contributed by atoms with van der Waals surface area (Å²) in [6, 6.07) is 20.2. The monoisotopic (exact) mass is 441 g/mol. The van der Waals surface area contributed by atoms with Crippen molar-refractivity contribution in [1.29, 1.82) is 0 Å². The van der Waals surface area contributed by atoms with Crippen molar-refractivity contribution in [2.75, 3.05) is 27.2 Å². The van der Waals surface area contributed by atoms with Crippen LogP contribution in [0.25, 0.3) is 34.2 Å². The zero-order valence-electron chi connectivity index (χ0n) is 19.1. The number of furan rings is 1. The number of hydrogen-bond acceptors (Lipinski definition) is 3. The smallest absolute Gasteiger partial charge is 0.246 e. The molecule has 1 fully saturated rings. The Morgan fingerprint density at radius 1 is 1.12 bits per heavy atom. The number of likely N-dealkylation sites (N-methyl/N-ethyl adjacent to an activating group) is 1. The minimum Gasteiger partial charge on any atom is -0.454 e. The molecule has 0 atom stereocenters. The van der Waals surface area contributed by atoms with Gasteiger partial charge in [0.2, 0.25) is 5.91 Å². The van der Waals surface area contributed by atoms with Crippen molar-refractivity contribution in [2.45, 2.75) is 18.9 Å². The SMILES string of the molecule is CN(C(=O)/C=C/c1cn(-c2ccccc2)nc1-c1cc2ccccc2o1)C1CC[NH+](C)CC1. The van der Waals surface area contributed by atoms with Crippen LogP contribution >= 0.6 is 0 Å². The van der Waals surface area contributed by atoms with E-state index in [1.807, 2.05) is 89.6 Å². The number of likely N-dealkylation sites (tertiary alicyclic amines) is 1. The van der Waals surface area contributed by atoms with Crippen LogP contribution in [0.5, 0.6) is 0 Å². The third kappa shape index (κ3) is 4.47. The second-order valence-corrected chi connectivity index (χ2v) is 8.83. The van der Waals surface area contributed by atoms with Gasteiger partial charge in [-0.3, -0.25) is 4.79 Å². The Hall–Kier alpha value is -3.64. The second-order valence-electron chi connectivity index (χ2n) is 8.83. The highest BCUT2D eigenvalue weighted by molar-refractivity contribution is 5.93. The molecule has 168 valence electrons. The second kappa shape index (κ2) is 9.08. The molecule has 0 aliphatic carbocycles. The molecule has 33 heavy (non-hydrogen) atoms. The van der Waals surface area contributed by atoms with Crippen LogP contribution in [0.15, 0.2) is 77.4 Å². The lowest BCUT2D eigenvalue weighted by Gasteiger charge is -2.32. The zero-order valence-corrected chi connectivity index (χ0v) is 19.1. The predicted octanol–water partition coefficient (Wildman–Crippen LogP) is 3.43. The summed E-state index contributed by atoms with van der Waals surface area (Å²) in [5.41, 5.74) is 3.32. The molecule has 6 heteroatoms. The van der Waals surface area contributed by atoms with Crippen LogP contribution < -0.4 is 4.90 Å². The number of piperidine rings is 1. The molecule has 0 unspecified atom stereocenters. The summed E-state index contributed by atoms with van der Waals surface area (Å²) in [7, 11) is 4.12. The van der Waals surface area contributed by atoms with Crippen LogP contribution in [0.3, 0.4) is 0 Å². The Morgan fingerprint density at radius 2 is 1.85 bits per heavy atom. The number of rotatable bonds is 5. The van der Waals surface area contributed by atoms with Crippen LogP contribution in [-0.4, -0.2) is 53.8 Å². The number of benzene rings is 2. The first-order valence-electron chi connectivity index (χ1n) is 11.5. The minimum absolute atomic E-state index is 0.0163. The number of hydrogen-bond donors (Lipinski definition) is 1. The number of carbonyl (C=O) groups is 1. The van der Waals surface area contributed by atoms with E-state index in [4.69, 9.17) is 9.52 Å². The van der Waals surface area contributed by atoms with Crippen LogP contribution in [0.4, 0.5) is 0 Å². The molecule has 5 rings (SSSR count). The van der Waals surface area contributed by atoms with E-state index in [0.717, 1.165) is 48.2 Å². The lowest BCUT2D eigenvalue weighted by Crippen LogP contribution is -3.10. The van der Waals surface area contributed by atoms with Crippen molar-refractivity contribution in [3.63, 3.8) is 0 Å². The van der Waals surface area contributed by atoms with Crippen LogP contribution in [0.2, 0.25) is 0 Å². The molecule has 3 heterocycles. The lowest BCUT2D eigenvalue weighted by molar-refractivity contribution is -0.885. The highest BCUT2D eigenvalue weighted by Gasteiger charge is 2.25. The van der Waals surface area contributed by atoms with Gasteiger partial charge in [0.25, 0.3) is 0 Å². The molecule has 4 aromatic rings. The molecule has 0 radical (unpaired) electrons. The van der Waals surface area contributed by atoms with Gasteiger partial charge in [-0.05, 0) is 30.3 Å². The molecule has 1 N–H and O–H groups in total. The molecular weight excluding hydrogens is 412 g/mol. The van der Waals surface area contributed by atoms with Gasteiger partial charge in [-0.15, -0.1) is 0 Å². The van der Waals surface area contributed by atoms with Crippen molar-refractivity contribution in [3.05, 3.63) is 78.5 Å². The normalized spacial score (nSPS) is 18.7. The van der Waals surface area contributed by atoms with E-state index in [1.165, 1.54) is 4.90 Å². The molecular formula is C27H29N4O2+. The number of quaternary nitrogens is 1. The summed E-state index contributed by atoms with van der Waals surface area (Å²) >= 11 is 0. The fourth-order valence-corrected chi connectivity index (χ4v) is 4.45. The average molecular weight is 442 g/mol. The van der Waals surface area contributed by atoms with E-state index in [0.29, 0.717) is 17.5 Å². The molecule has 0 spiro atoms. The fourth-order valence-electron chi connectivity index (χ4n) is 4.45. The lowest BCUT2D eigenvalue weighted by atomic mass is 10.0. The zero-order chi connectivity index (χ0) is 22.8. The number of fused-ring (bicyclic) bond motifs is 1. The van der Waals surface area contributed by atoms with Gasteiger partial charge < -0.3 is 14.2 Å². The third-order valence-corrected chi connectivity index (χ3v) is 6.53. The number of nitrogens with zero attached hydrogens (tertiary/aromatic N) is 3. The van der Waals surface area contributed by atoms with Crippen molar-refractivity contribution in [1.82, 2.24) is 14.7 Å². The van der Waals surface area contributed by atoms with Gasteiger partial charge in [-0.1, -0.05) is 36.4 Å². The molecule has 1 aliphatic rings. The summed E-state index contributed by atoms with van der Waals surface area (Å²) < 4.78 is 7.93. The van der Waals surface area contributed by atoms with E-state index >= 15 is 0 Å². The number of nitrogens with one attached hydrogen (secondary N) is 1. The Balaban J connectivity index is 1.46. The number of carbonyl (C=O) groups excluding carboxylic acids is 1. The molecule has 1 saturated heterocycles. The van der Waals surface area contributed by atoms with Crippen LogP contribution in [0, 0.1) is 0 Å². The van der Waals surface area contributed by atoms with E-state index in [-0.39, 0.29) is 5.91 Å². The average Bonchev–Trinajstić information content (AvgIpc) is 3.47. The summed E-state index contributed by atoms with van der Waals surface area (Å²) in [6.45, 7) is 2.21. The minimum atomic E-state index is 0.0163. The summed E-state index contributed by atoms with van der Waals surface area (Å²) in [5, 5.41) is 5.84. The van der Waals surface area contributed by atoms with Gasteiger partial charge in [0, 0.05) is 49.2 Å². The quantitative estimate of drug-likeness (QED) is 0.483. The van der Waals surface area contributed by atoms with Gasteiger partial charge >= 0.3 is 0 Å². The molecule has 1 amide bonds. The van der Waals surface area contributed by atoms with Crippen LogP contribution in [-0.2, 0) is 4.79 Å². The fraction of sp³-hybridized carbons (Fsp3) is 0.259. The highest BCUT2D eigenvalue weighted by Crippen LogP contribution is 2.30. The maximum atomic E-state index is 12.9. The number of para-hydroxylation sites is 2. The Bertz CT molecular complexity index is 1250. The first-order valence-corrected chi connectivity index (χ1v) is 11.5. The van der Waals surface area contributed by atoms with Crippen LogP contribution in [0.1, 0.15) is 18.4 Å². The summed E-state index contributed by atoms with van der Waals surface area (Å²) in [6.07, 6.45) is 7.54. The predicted molar refractivity (Wildman–Crippen MR) is 130 cm³/mol. The van der Waals surface area contributed by atoms with E-state index in [2.05, 4.69) is 7.05 Å². The van der Waals surface area contributed by atoms with Crippen molar-refractivity contribution in [3.8, 4) is 17.1 Å². The Morgan fingerprint density at radius 3 is 2.61 bits per heavy atom. The van der Waals surface area contributed by atoms with Crippen molar-refractivity contribution >= 4 is 23.0 Å². The maximum Gasteiger partial charge on any atom is 0.246 e. The first kappa shape index (κ1) is 21.2. The van der Waals surface area contributed by atoms with E-state index in [9.17, 15) is 4.79 Å². The Labute approximate surface area is 193 Å². The van der Waals surface area contributed by atoms with Crippen molar-refractivity contribution < 1.29 is 14.1 Å². The number of aromatic nitrogens is 2. The maximum absolute atomic E-state index is 12.9. The molecule has 6 nitrogen and oxygen atoms in total. The summed E-state index contributed by atoms with van der Waals surface area (Å²) in [5.74, 6) is 0.701. The molecule has 0 saturated carbocycles. The third-order valence-electron chi connectivity index (χ3n) is 6.53. The van der Waals surface area contributed by atoms with Gasteiger partial charge in [-0.25, -0.2) is 4.68 Å². The molecule has 1 aliphatic heterocycles. The van der Waals surface area contributed by atoms with E-state index in [1.54, 1.807) is 6.08 Å². The summed E-state index contributed by atoms with van der Waals surface area (Å²) in [4.78, 5) is 16.4. The Kier molecular flexibility index (Phi) is 5.84. The highest BCUT2D eigenvalue weighted by atomic mass is 16.3. The van der Waals surface area contributed by atoms with Gasteiger partial charge in [0.05, 0.1) is 25.8 Å². The first-order chi connectivity index (χ1) is 16.1. The standard InChI is InChI=1S/C27H28N4O2/c1-29-16-14-22(15-17-29)30(2)26(32)13-12-21-19-31(23-9-4-3-5-10-23)28-27(21)25-18-20-8-6-7-11-24(20)33-25/h3-13,18-19,22H,14-17H2,1-2H3/p+1/b13-12+. The number of amides is 1. The largest absolute Gasteiger partial charge is 0.454 e.